The molecule has 0 saturated heterocycles. The topological polar surface area (TPSA) is 68.7 Å². The van der Waals surface area contributed by atoms with Crippen molar-refractivity contribution in [3.63, 3.8) is 0 Å². The Morgan fingerprint density at radius 3 is 2.69 bits per heavy atom. The van der Waals surface area contributed by atoms with Gasteiger partial charge in [-0.05, 0) is 24.1 Å². The number of carbonyl (C=O) groups is 1. The number of nitriles is 1. The highest BCUT2D eigenvalue weighted by Crippen LogP contribution is 2.48. The maximum Gasteiger partial charge on any atom is 0.276 e. The Balaban J connectivity index is 2.15. The molecule has 130 valence electrons. The second-order valence-corrected chi connectivity index (χ2v) is 6.86. The third-order valence-corrected chi connectivity index (χ3v) is 4.95. The molecule has 1 aromatic rings. The van der Waals surface area contributed by atoms with E-state index >= 15 is 0 Å². The molecule has 0 saturated carbocycles. The molecule has 0 fully saturated rings. The lowest BCUT2D eigenvalue weighted by Gasteiger charge is -2.29. The predicted molar refractivity (Wildman–Crippen MR) is 99.1 cm³/mol. The summed E-state index contributed by atoms with van der Waals surface area (Å²) < 4.78 is 0. The summed E-state index contributed by atoms with van der Waals surface area (Å²) in [4.78, 5) is 17.6. The minimum absolute atomic E-state index is 0.161. The molecule has 26 heavy (non-hydrogen) atoms. The quantitative estimate of drug-likeness (QED) is 0.507. The van der Waals surface area contributed by atoms with Crippen LogP contribution in [-0.4, -0.2) is 17.4 Å². The van der Waals surface area contributed by atoms with Gasteiger partial charge in [0, 0.05) is 23.3 Å². The van der Waals surface area contributed by atoms with E-state index in [1.54, 1.807) is 12.1 Å². The van der Waals surface area contributed by atoms with E-state index in [2.05, 4.69) is 42.6 Å². The first-order chi connectivity index (χ1) is 12.4. The Labute approximate surface area is 153 Å². The number of allylic oxidation sites excluding steroid dienone is 5. The van der Waals surface area contributed by atoms with E-state index in [0.29, 0.717) is 0 Å². The fraction of sp³-hybridized carbons (Fsp3) is 0.286. The minimum Gasteiger partial charge on any atom is -0.508 e. The van der Waals surface area contributed by atoms with Gasteiger partial charge in [0.15, 0.2) is 5.78 Å². The molecule has 0 unspecified atom stereocenters. The molecule has 0 radical (unpaired) electrons. The lowest BCUT2D eigenvalue weighted by Crippen LogP contribution is -2.29. The number of fused-ring (bicyclic) bond motifs is 1. The van der Waals surface area contributed by atoms with Crippen LogP contribution in [0.4, 0.5) is 5.69 Å². The summed E-state index contributed by atoms with van der Waals surface area (Å²) in [6.45, 7) is 14.0. The van der Waals surface area contributed by atoms with Gasteiger partial charge in [0.1, 0.15) is 5.76 Å². The molecule has 0 bridgehead atoms. The van der Waals surface area contributed by atoms with Crippen molar-refractivity contribution in [2.45, 2.75) is 32.6 Å². The van der Waals surface area contributed by atoms with Crippen LogP contribution in [0.3, 0.4) is 0 Å². The number of Topliss-reactive ketones (excluding diaryl/α,β-unsaturated/α-hetero) is 1. The minimum atomic E-state index is -0.453. The lowest BCUT2D eigenvalue weighted by atomic mass is 9.80. The zero-order valence-corrected chi connectivity index (χ0v) is 15.0. The number of rotatable bonds is 3. The van der Waals surface area contributed by atoms with Crippen LogP contribution in [-0.2, 0) is 10.2 Å². The fourth-order valence-electron chi connectivity index (χ4n) is 3.61. The first-order valence-electron chi connectivity index (χ1n) is 8.47. The van der Waals surface area contributed by atoms with E-state index in [0.717, 1.165) is 24.4 Å². The standard InChI is InChI=1S/C21H19N3O2/c1-5-10-24-16-9-7-6-8-14(16)21(2,3)17(24)11-13-19(25)18(20(13)26)15(12-22)23-4/h6-9,11,25H,5,10H2,1-3H3/b17-11+,18-15+. The van der Waals surface area contributed by atoms with Gasteiger partial charge in [-0.1, -0.05) is 39.0 Å². The van der Waals surface area contributed by atoms with E-state index in [9.17, 15) is 9.90 Å². The molecular formula is C21H19N3O2. The maximum atomic E-state index is 12.4. The molecule has 1 heterocycles. The molecule has 0 amide bonds. The summed E-state index contributed by atoms with van der Waals surface area (Å²) in [5.74, 6) is -0.719. The Bertz CT molecular complexity index is 965. The first-order valence-corrected chi connectivity index (χ1v) is 8.47. The Hall–Kier alpha value is -3.31. The van der Waals surface area contributed by atoms with Crippen molar-refractivity contribution in [2.24, 2.45) is 0 Å². The molecule has 3 rings (SSSR count). The molecule has 1 aliphatic heterocycles. The number of benzene rings is 1. The van der Waals surface area contributed by atoms with Gasteiger partial charge in [0.2, 0.25) is 0 Å². The van der Waals surface area contributed by atoms with Crippen molar-refractivity contribution in [1.29, 1.82) is 5.26 Å². The monoisotopic (exact) mass is 345 g/mol. The van der Waals surface area contributed by atoms with Gasteiger partial charge < -0.3 is 10.0 Å². The molecule has 0 atom stereocenters. The Kier molecular flexibility index (Phi) is 4.18. The number of hydrogen-bond donors (Lipinski definition) is 1. The van der Waals surface area contributed by atoms with Gasteiger partial charge in [-0.25, -0.2) is 10.1 Å². The van der Waals surface area contributed by atoms with Crippen molar-refractivity contribution in [2.75, 3.05) is 11.4 Å². The summed E-state index contributed by atoms with van der Waals surface area (Å²) in [6.07, 6.45) is 2.64. The highest BCUT2D eigenvalue weighted by molar-refractivity contribution is 6.22. The number of anilines is 1. The smallest absolute Gasteiger partial charge is 0.276 e. The van der Waals surface area contributed by atoms with E-state index in [4.69, 9.17) is 11.8 Å². The van der Waals surface area contributed by atoms with Crippen LogP contribution in [0.15, 0.2) is 58.6 Å². The largest absolute Gasteiger partial charge is 0.508 e. The second kappa shape index (κ2) is 6.20. The number of aliphatic hydroxyl groups excluding tert-OH is 1. The molecule has 1 aliphatic carbocycles. The van der Waals surface area contributed by atoms with Crippen molar-refractivity contribution in [1.82, 2.24) is 0 Å². The summed E-state index contributed by atoms with van der Waals surface area (Å²) in [5, 5.41) is 19.2. The van der Waals surface area contributed by atoms with Gasteiger partial charge in [0.05, 0.1) is 23.8 Å². The number of hydrogen-bond acceptors (Lipinski definition) is 4. The predicted octanol–water partition coefficient (Wildman–Crippen LogP) is 4.17. The number of ketones is 1. The number of aliphatic hydroxyl groups is 1. The highest BCUT2D eigenvalue weighted by Gasteiger charge is 2.42. The summed E-state index contributed by atoms with van der Waals surface area (Å²) in [5.41, 5.74) is 2.49. The van der Waals surface area contributed by atoms with E-state index < -0.39 is 5.78 Å². The zero-order valence-electron chi connectivity index (χ0n) is 15.0. The van der Waals surface area contributed by atoms with Crippen LogP contribution in [0.25, 0.3) is 4.85 Å². The molecule has 2 aliphatic rings. The van der Waals surface area contributed by atoms with Crippen molar-refractivity contribution >= 4 is 11.5 Å². The van der Waals surface area contributed by atoms with Crippen molar-refractivity contribution < 1.29 is 9.90 Å². The third kappa shape index (κ3) is 2.33. The second-order valence-electron chi connectivity index (χ2n) is 6.86. The van der Waals surface area contributed by atoms with Gasteiger partial charge >= 0.3 is 0 Å². The van der Waals surface area contributed by atoms with Crippen molar-refractivity contribution in [3.8, 4) is 6.07 Å². The van der Waals surface area contributed by atoms with Crippen LogP contribution < -0.4 is 4.90 Å². The zero-order chi connectivity index (χ0) is 19.1. The lowest BCUT2D eigenvalue weighted by molar-refractivity contribution is -0.113. The van der Waals surface area contributed by atoms with E-state index in [-0.39, 0.29) is 28.0 Å². The Morgan fingerprint density at radius 1 is 1.42 bits per heavy atom. The van der Waals surface area contributed by atoms with Gasteiger partial charge in [-0.2, -0.15) is 0 Å². The average molecular weight is 345 g/mol. The van der Waals surface area contributed by atoms with E-state index in [1.165, 1.54) is 5.56 Å². The molecule has 0 aromatic heterocycles. The SMILES string of the molecule is [C-]#[N+]/C(C#N)=C1/C(=O)C(/C=C2/N(CCC)c3ccccc3C2(C)C)=C1O. The van der Waals surface area contributed by atoms with Crippen LogP contribution >= 0.6 is 0 Å². The molecule has 1 N–H and O–H groups in total. The summed E-state index contributed by atoms with van der Waals surface area (Å²) in [7, 11) is 0. The average Bonchev–Trinajstić information content (AvgIpc) is 2.85. The van der Waals surface area contributed by atoms with Gasteiger partial charge in [-0.3, -0.25) is 4.79 Å². The van der Waals surface area contributed by atoms with Crippen LogP contribution in [0.5, 0.6) is 0 Å². The number of nitrogens with zero attached hydrogens (tertiary/aromatic N) is 3. The third-order valence-electron chi connectivity index (χ3n) is 4.95. The molecule has 0 spiro atoms. The van der Waals surface area contributed by atoms with Crippen LogP contribution in [0, 0.1) is 17.9 Å². The normalized spacial score (nSPS) is 21.2. The molecule has 5 nitrogen and oxygen atoms in total. The fourth-order valence-corrected chi connectivity index (χ4v) is 3.61. The highest BCUT2D eigenvalue weighted by atomic mass is 16.3. The van der Waals surface area contributed by atoms with Crippen molar-refractivity contribution in [3.05, 3.63) is 75.6 Å². The first kappa shape index (κ1) is 17.5. The number of carbonyl (C=O) groups excluding carboxylic acids is 1. The molecule has 1 aromatic carbocycles. The van der Waals surface area contributed by atoms with E-state index in [1.807, 2.05) is 12.1 Å². The molecular weight excluding hydrogens is 326 g/mol. The number of para-hydroxylation sites is 1. The Morgan fingerprint density at radius 2 is 2.12 bits per heavy atom. The summed E-state index contributed by atoms with van der Waals surface area (Å²) in [6, 6.07) is 9.79. The molecule has 5 heteroatoms. The maximum absolute atomic E-state index is 12.4. The summed E-state index contributed by atoms with van der Waals surface area (Å²) >= 11 is 0. The van der Waals surface area contributed by atoms with Gasteiger partial charge in [0.25, 0.3) is 5.70 Å². The van der Waals surface area contributed by atoms with Gasteiger partial charge in [-0.15, -0.1) is 0 Å². The van der Waals surface area contributed by atoms with Crippen LogP contribution in [0.1, 0.15) is 32.8 Å². The van der Waals surface area contributed by atoms with Crippen LogP contribution in [0.2, 0.25) is 0 Å².